The average molecular weight is 322 g/mol. The standard InChI is InChI=1S/C13H12BrN3O2/c1-9(10-5-3-2-4-6-10)16-13-12(17(18)19)7-11(14)8-15-13/h2-9H,1H3,(H,15,16)/t9-/m1/s1. The van der Waals surface area contributed by atoms with Crippen molar-refractivity contribution in [3.8, 4) is 0 Å². The number of anilines is 1. The van der Waals surface area contributed by atoms with Crippen molar-refractivity contribution in [2.45, 2.75) is 13.0 Å². The van der Waals surface area contributed by atoms with Crippen LogP contribution in [-0.4, -0.2) is 9.91 Å². The van der Waals surface area contributed by atoms with Gasteiger partial charge < -0.3 is 5.32 Å². The van der Waals surface area contributed by atoms with Crippen LogP contribution in [0.5, 0.6) is 0 Å². The first-order chi connectivity index (χ1) is 9.08. The van der Waals surface area contributed by atoms with Gasteiger partial charge in [-0.2, -0.15) is 0 Å². The Labute approximate surface area is 119 Å². The summed E-state index contributed by atoms with van der Waals surface area (Å²) < 4.78 is 0.581. The third-order valence-corrected chi connectivity index (χ3v) is 3.12. The summed E-state index contributed by atoms with van der Waals surface area (Å²) in [7, 11) is 0. The molecular formula is C13H12BrN3O2. The molecule has 0 saturated carbocycles. The molecule has 0 aliphatic rings. The lowest BCUT2D eigenvalue weighted by Crippen LogP contribution is -2.09. The van der Waals surface area contributed by atoms with Gasteiger partial charge in [0.25, 0.3) is 0 Å². The van der Waals surface area contributed by atoms with E-state index in [0.717, 1.165) is 5.56 Å². The Bertz CT molecular complexity index is 590. The van der Waals surface area contributed by atoms with E-state index in [1.54, 1.807) is 0 Å². The molecular weight excluding hydrogens is 310 g/mol. The van der Waals surface area contributed by atoms with Crippen LogP contribution in [0.15, 0.2) is 47.1 Å². The van der Waals surface area contributed by atoms with Crippen molar-refractivity contribution >= 4 is 27.4 Å². The van der Waals surface area contributed by atoms with Gasteiger partial charge in [0.05, 0.1) is 11.0 Å². The maximum absolute atomic E-state index is 11.0. The predicted molar refractivity (Wildman–Crippen MR) is 77.1 cm³/mol. The summed E-state index contributed by atoms with van der Waals surface area (Å²) in [6, 6.07) is 11.1. The SMILES string of the molecule is C[C@@H](Nc1ncc(Br)cc1[N+](=O)[O-])c1ccccc1. The maximum atomic E-state index is 11.0. The molecule has 0 aliphatic heterocycles. The van der Waals surface area contributed by atoms with Crippen molar-refractivity contribution in [2.24, 2.45) is 0 Å². The van der Waals surface area contributed by atoms with Gasteiger partial charge in [0.15, 0.2) is 0 Å². The van der Waals surface area contributed by atoms with E-state index in [1.165, 1.54) is 12.3 Å². The first kappa shape index (κ1) is 13.5. The maximum Gasteiger partial charge on any atom is 0.312 e. The van der Waals surface area contributed by atoms with Crippen LogP contribution in [-0.2, 0) is 0 Å². The van der Waals surface area contributed by atoms with E-state index >= 15 is 0 Å². The molecule has 0 saturated heterocycles. The van der Waals surface area contributed by atoms with Gasteiger partial charge in [-0.05, 0) is 28.4 Å². The van der Waals surface area contributed by atoms with Gasteiger partial charge >= 0.3 is 5.69 Å². The van der Waals surface area contributed by atoms with E-state index in [1.807, 2.05) is 37.3 Å². The summed E-state index contributed by atoms with van der Waals surface area (Å²) in [5, 5.41) is 14.1. The second kappa shape index (κ2) is 5.79. The largest absolute Gasteiger partial charge is 0.358 e. The van der Waals surface area contributed by atoms with E-state index in [0.29, 0.717) is 4.47 Å². The molecule has 0 amide bonds. The summed E-state index contributed by atoms with van der Waals surface area (Å²) >= 11 is 3.18. The minimum atomic E-state index is -0.447. The summed E-state index contributed by atoms with van der Waals surface area (Å²) in [6.07, 6.45) is 1.53. The van der Waals surface area contributed by atoms with Gasteiger partial charge in [-0.1, -0.05) is 30.3 Å². The number of rotatable bonds is 4. The molecule has 1 aromatic carbocycles. The van der Waals surface area contributed by atoms with Crippen LogP contribution in [0.2, 0.25) is 0 Å². The second-order valence-electron chi connectivity index (χ2n) is 4.06. The molecule has 0 aliphatic carbocycles. The van der Waals surface area contributed by atoms with Crippen molar-refractivity contribution in [1.82, 2.24) is 4.98 Å². The highest BCUT2D eigenvalue weighted by atomic mass is 79.9. The molecule has 6 heteroatoms. The number of benzene rings is 1. The zero-order chi connectivity index (χ0) is 13.8. The van der Waals surface area contributed by atoms with E-state index < -0.39 is 4.92 Å². The quantitative estimate of drug-likeness (QED) is 0.684. The van der Waals surface area contributed by atoms with Crippen molar-refractivity contribution in [2.75, 3.05) is 5.32 Å². The Balaban J connectivity index is 2.26. The van der Waals surface area contributed by atoms with E-state index in [2.05, 4.69) is 26.2 Å². The Kier molecular flexibility index (Phi) is 4.11. The summed E-state index contributed by atoms with van der Waals surface area (Å²) in [5.74, 6) is 0.268. The summed E-state index contributed by atoms with van der Waals surface area (Å²) in [4.78, 5) is 14.6. The van der Waals surface area contributed by atoms with Crippen LogP contribution in [0.1, 0.15) is 18.5 Å². The number of aromatic nitrogens is 1. The molecule has 1 aromatic heterocycles. The van der Waals surface area contributed by atoms with Crippen molar-refractivity contribution < 1.29 is 4.92 Å². The number of hydrogen-bond acceptors (Lipinski definition) is 4. The first-order valence-corrected chi connectivity index (χ1v) is 6.48. The molecule has 2 rings (SSSR count). The van der Waals surface area contributed by atoms with E-state index in [4.69, 9.17) is 0 Å². The molecule has 1 heterocycles. The lowest BCUT2D eigenvalue weighted by atomic mass is 10.1. The number of nitrogens with zero attached hydrogens (tertiary/aromatic N) is 2. The third-order valence-electron chi connectivity index (χ3n) is 2.68. The zero-order valence-corrected chi connectivity index (χ0v) is 11.8. The van der Waals surface area contributed by atoms with Gasteiger partial charge in [-0.25, -0.2) is 4.98 Å². The topological polar surface area (TPSA) is 68.1 Å². The fraction of sp³-hybridized carbons (Fsp3) is 0.154. The molecule has 0 spiro atoms. The van der Waals surface area contributed by atoms with Crippen LogP contribution in [0, 0.1) is 10.1 Å². The van der Waals surface area contributed by atoms with E-state index in [9.17, 15) is 10.1 Å². The Morgan fingerprint density at radius 1 is 1.37 bits per heavy atom. The number of hydrogen-bond donors (Lipinski definition) is 1. The van der Waals surface area contributed by atoms with Gasteiger partial charge in [0.1, 0.15) is 0 Å². The minimum Gasteiger partial charge on any atom is -0.358 e. The fourth-order valence-corrected chi connectivity index (χ4v) is 2.03. The van der Waals surface area contributed by atoms with Crippen LogP contribution in [0.3, 0.4) is 0 Å². The highest BCUT2D eigenvalue weighted by Crippen LogP contribution is 2.28. The van der Waals surface area contributed by atoms with Crippen LogP contribution in [0.4, 0.5) is 11.5 Å². The van der Waals surface area contributed by atoms with Crippen molar-refractivity contribution in [3.63, 3.8) is 0 Å². The monoisotopic (exact) mass is 321 g/mol. The Morgan fingerprint density at radius 2 is 2.05 bits per heavy atom. The highest BCUT2D eigenvalue weighted by molar-refractivity contribution is 9.10. The number of pyridine rings is 1. The van der Waals surface area contributed by atoms with Crippen LogP contribution < -0.4 is 5.32 Å². The fourth-order valence-electron chi connectivity index (χ4n) is 1.71. The average Bonchev–Trinajstić information content (AvgIpc) is 2.41. The molecule has 98 valence electrons. The molecule has 19 heavy (non-hydrogen) atoms. The number of nitro groups is 1. The highest BCUT2D eigenvalue weighted by Gasteiger charge is 2.17. The van der Waals surface area contributed by atoms with Gasteiger partial charge in [-0.15, -0.1) is 0 Å². The normalized spacial score (nSPS) is 11.9. The summed E-state index contributed by atoms with van der Waals surface area (Å²) in [5.41, 5.74) is 0.999. The van der Waals surface area contributed by atoms with Crippen molar-refractivity contribution in [1.29, 1.82) is 0 Å². The number of halogens is 1. The lowest BCUT2D eigenvalue weighted by molar-refractivity contribution is -0.384. The van der Waals surface area contributed by atoms with Crippen molar-refractivity contribution in [3.05, 3.63) is 62.7 Å². The lowest BCUT2D eigenvalue weighted by Gasteiger charge is -2.14. The molecule has 1 N–H and O–H groups in total. The smallest absolute Gasteiger partial charge is 0.312 e. The van der Waals surface area contributed by atoms with E-state index in [-0.39, 0.29) is 17.5 Å². The Morgan fingerprint density at radius 3 is 2.68 bits per heavy atom. The first-order valence-electron chi connectivity index (χ1n) is 5.69. The predicted octanol–water partition coefficient (Wildman–Crippen LogP) is 3.93. The summed E-state index contributed by atoms with van der Waals surface area (Å²) in [6.45, 7) is 1.93. The zero-order valence-electron chi connectivity index (χ0n) is 10.2. The third kappa shape index (κ3) is 3.29. The molecule has 5 nitrogen and oxygen atoms in total. The molecule has 1 atom stereocenters. The molecule has 0 radical (unpaired) electrons. The van der Waals surface area contributed by atoms with Gasteiger partial charge in [-0.3, -0.25) is 10.1 Å². The van der Waals surface area contributed by atoms with Gasteiger partial charge in [0.2, 0.25) is 5.82 Å². The molecule has 2 aromatic rings. The van der Waals surface area contributed by atoms with Crippen LogP contribution >= 0.6 is 15.9 Å². The van der Waals surface area contributed by atoms with Gasteiger partial charge in [0, 0.05) is 16.7 Å². The van der Waals surface area contributed by atoms with Crippen LogP contribution in [0.25, 0.3) is 0 Å². The minimum absolute atomic E-state index is 0.0443. The molecule has 0 unspecified atom stereocenters. The Hall–Kier alpha value is -1.95. The molecule has 0 fully saturated rings. The molecule has 0 bridgehead atoms. The second-order valence-corrected chi connectivity index (χ2v) is 4.97. The number of nitrogens with one attached hydrogen (secondary N) is 1.